The third-order valence-electron chi connectivity index (χ3n) is 2.39. The van der Waals surface area contributed by atoms with E-state index in [1.54, 1.807) is 6.20 Å². The molecule has 2 rings (SSSR count). The molecule has 0 saturated heterocycles. The van der Waals surface area contributed by atoms with Crippen molar-refractivity contribution in [3.05, 3.63) is 41.6 Å². The van der Waals surface area contributed by atoms with E-state index < -0.39 is 0 Å². The van der Waals surface area contributed by atoms with Crippen molar-refractivity contribution in [3.8, 4) is 0 Å². The first-order valence-electron chi connectivity index (χ1n) is 4.82. The molecule has 0 bridgehead atoms. The van der Waals surface area contributed by atoms with Crippen LogP contribution >= 0.6 is 0 Å². The summed E-state index contributed by atoms with van der Waals surface area (Å²) in [5.41, 5.74) is 3.15. The maximum Gasteiger partial charge on any atom is 0.0702 e. The molecule has 2 heteroatoms. The number of hydrogen-bond acceptors (Lipinski definition) is 2. The molecule has 0 radical (unpaired) electrons. The van der Waals surface area contributed by atoms with Crippen molar-refractivity contribution in [3.63, 3.8) is 0 Å². The highest BCUT2D eigenvalue weighted by atomic mass is 16.3. The maximum absolute atomic E-state index is 8.98. The van der Waals surface area contributed by atoms with E-state index in [9.17, 15) is 0 Å². The standard InChI is InChI=1S/C12H13NO/c1-2-9-3-4-12-11(5-9)6-10(8-14)7-13-12/h3-7,14H,2,8H2,1H3. The molecule has 0 atom stereocenters. The lowest BCUT2D eigenvalue weighted by atomic mass is 10.1. The highest BCUT2D eigenvalue weighted by molar-refractivity contribution is 5.79. The fourth-order valence-electron chi connectivity index (χ4n) is 1.53. The molecule has 0 saturated carbocycles. The molecule has 0 amide bonds. The van der Waals surface area contributed by atoms with Gasteiger partial charge in [0.15, 0.2) is 0 Å². The molecule has 0 aliphatic carbocycles. The molecular weight excluding hydrogens is 174 g/mol. The van der Waals surface area contributed by atoms with Crippen LogP contribution in [0, 0.1) is 0 Å². The van der Waals surface area contributed by atoms with Crippen molar-refractivity contribution >= 4 is 10.9 Å². The lowest BCUT2D eigenvalue weighted by molar-refractivity contribution is 0.281. The van der Waals surface area contributed by atoms with Crippen molar-refractivity contribution in [2.24, 2.45) is 0 Å². The van der Waals surface area contributed by atoms with E-state index in [1.165, 1.54) is 5.56 Å². The molecule has 2 nitrogen and oxygen atoms in total. The number of aliphatic hydroxyl groups is 1. The fraction of sp³-hybridized carbons (Fsp3) is 0.250. The molecular formula is C12H13NO. The number of benzene rings is 1. The van der Waals surface area contributed by atoms with Gasteiger partial charge in [0, 0.05) is 11.6 Å². The van der Waals surface area contributed by atoms with E-state index in [4.69, 9.17) is 5.11 Å². The van der Waals surface area contributed by atoms with E-state index in [2.05, 4.69) is 24.0 Å². The Morgan fingerprint density at radius 2 is 2.00 bits per heavy atom. The zero-order valence-electron chi connectivity index (χ0n) is 8.20. The van der Waals surface area contributed by atoms with Gasteiger partial charge in [-0.3, -0.25) is 4.98 Å². The van der Waals surface area contributed by atoms with Gasteiger partial charge in [0.05, 0.1) is 12.1 Å². The maximum atomic E-state index is 8.98. The van der Waals surface area contributed by atoms with Gasteiger partial charge >= 0.3 is 0 Å². The molecule has 72 valence electrons. The number of aliphatic hydroxyl groups excluding tert-OH is 1. The minimum atomic E-state index is 0.0549. The summed E-state index contributed by atoms with van der Waals surface area (Å²) in [4.78, 5) is 4.27. The fourth-order valence-corrected chi connectivity index (χ4v) is 1.53. The van der Waals surface area contributed by atoms with Crippen molar-refractivity contribution < 1.29 is 5.11 Å². The molecule has 1 N–H and O–H groups in total. The average Bonchev–Trinajstić information content (AvgIpc) is 2.27. The first-order chi connectivity index (χ1) is 6.83. The Morgan fingerprint density at radius 3 is 2.71 bits per heavy atom. The topological polar surface area (TPSA) is 33.1 Å². The Bertz CT molecular complexity index is 412. The van der Waals surface area contributed by atoms with Crippen molar-refractivity contribution in [1.82, 2.24) is 4.98 Å². The van der Waals surface area contributed by atoms with Gasteiger partial charge in [0.25, 0.3) is 0 Å². The molecule has 1 aromatic heterocycles. The highest BCUT2D eigenvalue weighted by Crippen LogP contribution is 2.15. The summed E-state index contributed by atoms with van der Waals surface area (Å²) in [5, 5.41) is 10.1. The van der Waals surface area contributed by atoms with E-state index in [0.717, 1.165) is 22.9 Å². The van der Waals surface area contributed by atoms with Gasteiger partial charge in [0.2, 0.25) is 0 Å². The summed E-state index contributed by atoms with van der Waals surface area (Å²) in [5.74, 6) is 0. The Balaban J connectivity index is 2.60. The second-order valence-corrected chi connectivity index (χ2v) is 3.38. The van der Waals surface area contributed by atoms with Crippen LogP contribution in [-0.4, -0.2) is 10.1 Å². The highest BCUT2D eigenvalue weighted by Gasteiger charge is 1.98. The van der Waals surface area contributed by atoms with Crippen LogP contribution in [0.2, 0.25) is 0 Å². The second kappa shape index (κ2) is 3.76. The van der Waals surface area contributed by atoms with Crippen LogP contribution in [0.4, 0.5) is 0 Å². The molecule has 0 aliphatic rings. The molecule has 0 spiro atoms. The van der Waals surface area contributed by atoms with Gasteiger partial charge in [-0.2, -0.15) is 0 Å². The van der Waals surface area contributed by atoms with E-state index >= 15 is 0 Å². The average molecular weight is 187 g/mol. The summed E-state index contributed by atoms with van der Waals surface area (Å²) in [6, 6.07) is 8.23. The second-order valence-electron chi connectivity index (χ2n) is 3.38. The van der Waals surface area contributed by atoms with Crippen molar-refractivity contribution in [1.29, 1.82) is 0 Å². The van der Waals surface area contributed by atoms with E-state index in [-0.39, 0.29) is 6.61 Å². The molecule has 1 aromatic carbocycles. The first kappa shape index (κ1) is 9.16. The summed E-state index contributed by atoms with van der Waals surface area (Å²) >= 11 is 0. The smallest absolute Gasteiger partial charge is 0.0702 e. The zero-order valence-corrected chi connectivity index (χ0v) is 8.20. The molecule has 0 aliphatic heterocycles. The van der Waals surface area contributed by atoms with Crippen LogP contribution in [0.1, 0.15) is 18.1 Å². The summed E-state index contributed by atoms with van der Waals surface area (Å²) in [6.45, 7) is 2.18. The normalized spacial score (nSPS) is 10.7. The summed E-state index contributed by atoms with van der Waals surface area (Å²) < 4.78 is 0. The summed E-state index contributed by atoms with van der Waals surface area (Å²) in [7, 11) is 0. The number of pyridine rings is 1. The lowest BCUT2D eigenvalue weighted by Crippen LogP contribution is -1.88. The molecule has 1 heterocycles. The number of rotatable bonds is 2. The largest absolute Gasteiger partial charge is 0.392 e. The predicted molar refractivity (Wildman–Crippen MR) is 57.0 cm³/mol. The third-order valence-corrected chi connectivity index (χ3v) is 2.39. The monoisotopic (exact) mass is 187 g/mol. The van der Waals surface area contributed by atoms with Gasteiger partial charge in [-0.25, -0.2) is 0 Å². The molecule has 0 fully saturated rings. The van der Waals surface area contributed by atoms with Crippen LogP contribution in [0.15, 0.2) is 30.5 Å². The summed E-state index contributed by atoms with van der Waals surface area (Å²) in [6.07, 6.45) is 2.74. The minimum absolute atomic E-state index is 0.0549. The minimum Gasteiger partial charge on any atom is -0.392 e. The van der Waals surface area contributed by atoms with Crippen molar-refractivity contribution in [2.45, 2.75) is 20.0 Å². The molecule has 0 unspecified atom stereocenters. The van der Waals surface area contributed by atoms with Gasteiger partial charge in [0.1, 0.15) is 0 Å². The number of hydrogen-bond donors (Lipinski definition) is 1. The quantitative estimate of drug-likeness (QED) is 0.782. The van der Waals surface area contributed by atoms with Crippen LogP contribution in [0.25, 0.3) is 10.9 Å². The molecule has 14 heavy (non-hydrogen) atoms. The number of aryl methyl sites for hydroxylation is 1. The zero-order chi connectivity index (χ0) is 9.97. The SMILES string of the molecule is CCc1ccc2ncc(CO)cc2c1. The van der Waals surface area contributed by atoms with Gasteiger partial charge in [-0.15, -0.1) is 0 Å². The van der Waals surface area contributed by atoms with E-state index in [1.807, 2.05) is 12.1 Å². The Kier molecular flexibility index (Phi) is 2.46. The van der Waals surface area contributed by atoms with Gasteiger partial charge in [-0.05, 0) is 35.7 Å². The van der Waals surface area contributed by atoms with Crippen molar-refractivity contribution in [2.75, 3.05) is 0 Å². The lowest BCUT2D eigenvalue weighted by Gasteiger charge is -2.02. The van der Waals surface area contributed by atoms with Gasteiger partial charge in [-0.1, -0.05) is 13.0 Å². The number of nitrogens with zero attached hydrogens (tertiary/aromatic N) is 1. The van der Waals surface area contributed by atoms with E-state index in [0.29, 0.717) is 0 Å². The Hall–Kier alpha value is -1.41. The van der Waals surface area contributed by atoms with Gasteiger partial charge < -0.3 is 5.11 Å². The first-order valence-corrected chi connectivity index (χ1v) is 4.82. The number of aromatic nitrogens is 1. The van der Waals surface area contributed by atoms with Crippen LogP contribution < -0.4 is 0 Å². The number of fused-ring (bicyclic) bond motifs is 1. The Morgan fingerprint density at radius 1 is 1.21 bits per heavy atom. The third kappa shape index (κ3) is 1.61. The Labute approximate surface area is 83.2 Å². The van der Waals surface area contributed by atoms with Crippen LogP contribution in [0.3, 0.4) is 0 Å². The molecule has 2 aromatic rings. The predicted octanol–water partition coefficient (Wildman–Crippen LogP) is 2.29. The van der Waals surface area contributed by atoms with Crippen LogP contribution in [0.5, 0.6) is 0 Å². The van der Waals surface area contributed by atoms with Crippen LogP contribution in [-0.2, 0) is 13.0 Å².